The first-order valence-corrected chi connectivity index (χ1v) is 5.47. The maximum absolute atomic E-state index is 12.0. The molecule has 1 aliphatic heterocycles. The molecule has 1 heterocycles. The van der Waals surface area contributed by atoms with E-state index < -0.39 is 12.6 Å². The summed E-state index contributed by atoms with van der Waals surface area (Å²) in [5.74, 6) is 0. The van der Waals surface area contributed by atoms with E-state index in [1.54, 1.807) is 4.90 Å². The van der Waals surface area contributed by atoms with Crippen molar-refractivity contribution in [3.8, 4) is 0 Å². The molecule has 0 aliphatic carbocycles. The summed E-state index contributed by atoms with van der Waals surface area (Å²) in [5.41, 5.74) is 0. The van der Waals surface area contributed by atoms with E-state index in [-0.39, 0.29) is 12.6 Å². The highest BCUT2D eigenvalue weighted by Crippen LogP contribution is 2.20. The van der Waals surface area contributed by atoms with E-state index in [1.807, 2.05) is 0 Å². The lowest BCUT2D eigenvalue weighted by Gasteiger charge is -2.31. The molecule has 0 spiro atoms. The first kappa shape index (κ1) is 13.1. The number of carbonyl (C=O) groups is 1. The Balaban J connectivity index is 2.34. The average Bonchev–Trinajstić information content (AvgIpc) is 2.25. The molecular formula is C10H17F3N2O. The van der Waals surface area contributed by atoms with Gasteiger partial charge in [-0.05, 0) is 19.3 Å². The second kappa shape index (κ2) is 5.41. The van der Waals surface area contributed by atoms with Gasteiger partial charge in [-0.1, -0.05) is 0 Å². The number of carbonyl (C=O) groups excluding carboxylic acids is 1. The van der Waals surface area contributed by atoms with Crippen LogP contribution in [0, 0.1) is 0 Å². The molecule has 3 nitrogen and oxygen atoms in total. The third kappa shape index (κ3) is 4.28. The molecule has 2 amide bonds. The van der Waals surface area contributed by atoms with E-state index in [1.165, 1.54) is 7.05 Å². The van der Waals surface area contributed by atoms with Crippen LogP contribution in [0.4, 0.5) is 18.0 Å². The highest BCUT2D eigenvalue weighted by atomic mass is 19.4. The first-order chi connectivity index (χ1) is 7.40. The van der Waals surface area contributed by atoms with Gasteiger partial charge in [0.2, 0.25) is 0 Å². The highest BCUT2D eigenvalue weighted by Gasteiger charge is 2.29. The summed E-state index contributed by atoms with van der Waals surface area (Å²) in [6.45, 7) is 1.06. The molecule has 0 aromatic heterocycles. The fourth-order valence-corrected chi connectivity index (χ4v) is 1.72. The van der Waals surface area contributed by atoms with E-state index >= 15 is 0 Å². The van der Waals surface area contributed by atoms with Crippen molar-refractivity contribution < 1.29 is 18.0 Å². The zero-order valence-electron chi connectivity index (χ0n) is 9.39. The van der Waals surface area contributed by atoms with Crippen LogP contribution in [0.1, 0.15) is 25.7 Å². The Kier molecular flexibility index (Phi) is 4.44. The quantitative estimate of drug-likeness (QED) is 0.725. The molecule has 0 radical (unpaired) electrons. The second-order valence-electron chi connectivity index (χ2n) is 4.12. The van der Waals surface area contributed by atoms with Crippen LogP contribution in [0.3, 0.4) is 0 Å². The molecule has 0 aromatic carbocycles. The van der Waals surface area contributed by atoms with E-state index in [0.29, 0.717) is 13.1 Å². The van der Waals surface area contributed by atoms with Gasteiger partial charge in [0.1, 0.15) is 0 Å². The molecule has 16 heavy (non-hydrogen) atoms. The van der Waals surface area contributed by atoms with E-state index in [9.17, 15) is 18.0 Å². The summed E-state index contributed by atoms with van der Waals surface area (Å²) in [4.78, 5) is 14.5. The molecule has 0 atom stereocenters. The maximum Gasteiger partial charge on any atom is 0.390 e. The van der Waals surface area contributed by atoms with Crippen molar-refractivity contribution in [3.63, 3.8) is 0 Å². The molecule has 0 bridgehead atoms. The van der Waals surface area contributed by atoms with Crippen LogP contribution in [-0.2, 0) is 0 Å². The number of rotatable bonds is 2. The normalized spacial score (nSPS) is 17.4. The van der Waals surface area contributed by atoms with Crippen molar-refractivity contribution in [2.45, 2.75) is 31.9 Å². The van der Waals surface area contributed by atoms with Gasteiger partial charge in [-0.25, -0.2) is 4.79 Å². The smallest absolute Gasteiger partial charge is 0.327 e. The number of piperidine rings is 1. The Morgan fingerprint density at radius 1 is 1.25 bits per heavy atom. The van der Waals surface area contributed by atoms with Gasteiger partial charge in [0.05, 0.1) is 6.42 Å². The number of urea groups is 1. The van der Waals surface area contributed by atoms with Gasteiger partial charge in [0, 0.05) is 26.7 Å². The molecule has 6 heteroatoms. The standard InChI is InChI=1S/C10H17F3N2O/c1-14(8-5-10(11,12)13)9(16)15-6-3-2-4-7-15/h2-8H2,1H3. The van der Waals surface area contributed by atoms with Crippen molar-refractivity contribution in [2.24, 2.45) is 0 Å². The molecule has 0 aromatic rings. The summed E-state index contributed by atoms with van der Waals surface area (Å²) in [5, 5.41) is 0. The number of amides is 2. The van der Waals surface area contributed by atoms with Gasteiger partial charge in [-0.2, -0.15) is 13.2 Å². The largest absolute Gasteiger partial charge is 0.390 e. The third-order valence-corrected chi connectivity index (χ3v) is 2.68. The zero-order valence-corrected chi connectivity index (χ0v) is 9.39. The van der Waals surface area contributed by atoms with Gasteiger partial charge in [-0.3, -0.25) is 0 Å². The lowest BCUT2D eigenvalue weighted by atomic mass is 10.1. The summed E-state index contributed by atoms with van der Waals surface area (Å²) < 4.78 is 35.9. The minimum Gasteiger partial charge on any atom is -0.327 e. The van der Waals surface area contributed by atoms with E-state index in [0.717, 1.165) is 24.2 Å². The molecule has 0 saturated carbocycles. The lowest BCUT2D eigenvalue weighted by Crippen LogP contribution is -2.44. The minimum absolute atomic E-state index is 0.265. The van der Waals surface area contributed by atoms with Crippen LogP contribution in [0.5, 0.6) is 0 Å². The predicted molar refractivity (Wildman–Crippen MR) is 54.1 cm³/mol. The minimum atomic E-state index is -4.20. The fraction of sp³-hybridized carbons (Fsp3) is 0.900. The lowest BCUT2D eigenvalue weighted by molar-refractivity contribution is -0.136. The van der Waals surface area contributed by atoms with E-state index in [2.05, 4.69) is 0 Å². The molecule has 1 saturated heterocycles. The molecule has 0 unspecified atom stereocenters. The number of hydrogen-bond acceptors (Lipinski definition) is 1. The Bertz CT molecular complexity index is 237. The Morgan fingerprint density at radius 2 is 1.81 bits per heavy atom. The third-order valence-electron chi connectivity index (χ3n) is 2.68. The average molecular weight is 238 g/mol. The van der Waals surface area contributed by atoms with Crippen LogP contribution in [-0.4, -0.2) is 48.7 Å². The Labute approximate surface area is 93.2 Å². The molecule has 1 fully saturated rings. The van der Waals surface area contributed by atoms with Gasteiger partial charge in [0.15, 0.2) is 0 Å². The van der Waals surface area contributed by atoms with Crippen molar-refractivity contribution >= 4 is 6.03 Å². The van der Waals surface area contributed by atoms with Gasteiger partial charge in [-0.15, -0.1) is 0 Å². The summed E-state index contributed by atoms with van der Waals surface area (Å²) >= 11 is 0. The zero-order chi connectivity index (χ0) is 12.2. The molecule has 94 valence electrons. The molecule has 0 N–H and O–H groups in total. The van der Waals surface area contributed by atoms with E-state index in [4.69, 9.17) is 0 Å². The Hall–Kier alpha value is -0.940. The second-order valence-corrected chi connectivity index (χ2v) is 4.12. The van der Waals surface area contributed by atoms with Gasteiger partial charge >= 0.3 is 12.2 Å². The maximum atomic E-state index is 12.0. The van der Waals surface area contributed by atoms with Crippen LogP contribution in [0.2, 0.25) is 0 Å². The summed E-state index contributed by atoms with van der Waals surface area (Å²) in [6.07, 6.45) is -2.16. The topological polar surface area (TPSA) is 23.6 Å². The summed E-state index contributed by atoms with van der Waals surface area (Å²) in [6, 6.07) is -0.288. The number of alkyl halides is 3. The summed E-state index contributed by atoms with van der Waals surface area (Å²) in [7, 11) is 1.42. The SMILES string of the molecule is CN(CCC(F)(F)F)C(=O)N1CCCCC1. The molecule has 1 rings (SSSR count). The number of likely N-dealkylation sites (tertiary alicyclic amines) is 1. The van der Waals surface area contributed by atoms with Crippen molar-refractivity contribution in [1.29, 1.82) is 0 Å². The number of halogens is 3. The van der Waals surface area contributed by atoms with Crippen molar-refractivity contribution in [1.82, 2.24) is 9.80 Å². The van der Waals surface area contributed by atoms with Crippen LogP contribution in [0.15, 0.2) is 0 Å². The molecule has 1 aliphatic rings. The first-order valence-electron chi connectivity index (χ1n) is 5.47. The highest BCUT2D eigenvalue weighted by molar-refractivity contribution is 5.74. The van der Waals surface area contributed by atoms with Crippen LogP contribution < -0.4 is 0 Å². The van der Waals surface area contributed by atoms with Crippen LogP contribution >= 0.6 is 0 Å². The monoisotopic (exact) mass is 238 g/mol. The van der Waals surface area contributed by atoms with Crippen LogP contribution in [0.25, 0.3) is 0 Å². The number of nitrogens with zero attached hydrogens (tertiary/aromatic N) is 2. The van der Waals surface area contributed by atoms with Gasteiger partial charge < -0.3 is 9.80 Å². The Morgan fingerprint density at radius 3 is 2.31 bits per heavy atom. The van der Waals surface area contributed by atoms with Crippen molar-refractivity contribution in [2.75, 3.05) is 26.7 Å². The fourth-order valence-electron chi connectivity index (χ4n) is 1.72. The number of hydrogen-bond donors (Lipinski definition) is 0. The van der Waals surface area contributed by atoms with Gasteiger partial charge in [0.25, 0.3) is 0 Å². The van der Waals surface area contributed by atoms with Crippen molar-refractivity contribution in [3.05, 3.63) is 0 Å². The molecular weight excluding hydrogens is 221 g/mol. The predicted octanol–water partition coefficient (Wildman–Crippen LogP) is 2.48.